The van der Waals surface area contributed by atoms with Crippen LogP contribution in [-0.2, 0) is 6.42 Å². The van der Waals surface area contributed by atoms with Crippen molar-refractivity contribution in [2.24, 2.45) is 5.92 Å². The molecule has 0 atom stereocenters. The number of unbranched alkanes of at least 4 members (excludes halogenated alkanes) is 4. The summed E-state index contributed by atoms with van der Waals surface area (Å²) in [4.78, 5) is 12.2. The number of hydrogen-bond donors (Lipinski definition) is 2. The highest BCUT2D eigenvalue weighted by Gasteiger charge is 2.04. The highest BCUT2D eigenvalue weighted by Crippen LogP contribution is 2.19. The molecule has 2 N–H and O–H groups in total. The van der Waals surface area contributed by atoms with E-state index >= 15 is 0 Å². The molecule has 0 heterocycles. The van der Waals surface area contributed by atoms with Crippen LogP contribution >= 0.6 is 0 Å². The largest absolute Gasteiger partial charge is 0.338 e. The smallest absolute Gasteiger partial charge is 0.319 e. The highest BCUT2D eigenvalue weighted by molar-refractivity contribution is 5.92. The Morgan fingerprint density at radius 3 is 2.38 bits per heavy atom. The number of anilines is 1. The number of amides is 2. The van der Waals surface area contributed by atoms with Gasteiger partial charge in [0, 0.05) is 12.2 Å². The van der Waals surface area contributed by atoms with Gasteiger partial charge in [-0.3, -0.25) is 0 Å². The van der Waals surface area contributed by atoms with Gasteiger partial charge in [0.1, 0.15) is 0 Å². The van der Waals surface area contributed by atoms with E-state index in [-0.39, 0.29) is 6.03 Å². The van der Waals surface area contributed by atoms with E-state index in [1.165, 1.54) is 31.2 Å². The molecule has 0 fully saturated rings. The Morgan fingerprint density at radius 2 is 1.66 bits per heavy atom. The third-order valence-corrected chi connectivity index (χ3v) is 4.85. The predicted molar refractivity (Wildman–Crippen MR) is 126 cm³/mol. The van der Waals surface area contributed by atoms with Crippen LogP contribution < -0.4 is 10.6 Å². The summed E-state index contributed by atoms with van der Waals surface area (Å²) in [5.74, 6) is 0.664. The van der Waals surface area contributed by atoms with E-state index in [0.717, 1.165) is 36.2 Å². The quantitative estimate of drug-likeness (QED) is 0.309. The van der Waals surface area contributed by atoms with Crippen molar-refractivity contribution in [3.63, 3.8) is 0 Å². The molecule has 2 amide bonds. The lowest BCUT2D eigenvalue weighted by atomic mass is 10.0. The van der Waals surface area contributed by atoms with Crippen molar-refractivity contribution < 1.29 is 4.79 Å². The summed E-state index contributed by atoms with van der Waals surface area (Å²) in [6, 6.07) is 16.4. The Bertz CT molecular complexity index is 763. The molecule has 0 aromatic heterocycles. The van der Waals surface area contributed by atoms with Gasteiger partial charge in [-0.05, 0) is 41.5 Å². The first kappa shape index (κ1) is 22.7. The number of para-hydroxylation sites is 1. The van der Waals surface area contributed by atoms with Crippen LogP contribution in [0.3, 0.4) is 0 Å². The molecule has 0 saturated carbocycles. The second-order valence-corrected chi connectivity index (χ2v) is 8.06. The Balaban J connectivity index is 1.89. The Hall–Kier alpha value is -2.55. The van der Waals surface area contributed by atoms with Crippen molar-refractivity contribution in [2.45, 2.75) is 59.3 Å². The van der Waals surface area contributed by atoms with Gasteiger partial charge in [-0.2, -0.15) is 0 Å². The summed E-state index contributed by atoms with van der Waals surface area (Å²) in [5.41, 5.74) is 4.34. The van der Waals surface area contributed by atoms with Crippen LogP contribution in [0.15, 0.2) is 48.5 Å². The van der Waals surface area contributed by atoms with Gasteiger partial charge < -0.3 is 10.6 Å². The second kappa shape index (κ2) is 12.8. The van der Waals surface area contributed by atoms with Crippen molar-refractivity contribution in [1.29, 1.82) is 0 Å². The Morgan fingerprint density at radius 1 is 0.931 bits per heavy atom. The molecule has 2 rings (SSSR count). The SMILES string of the molecule is CCCCCCCNC(=O)Nc1ccccc1C=Cc1ccc(CC(C)C)cc1. The molecule has 0 aliphatic rings. The molecule has 2 aromatic carbocycles. The van der Waals surface area contributed by atoms with Crippen molar-refractivity contribution in [2.75, 3.05) is 11.9 Å². The third kappa shape index (κ3) is 8.99. The van der Waals surface area contributed by atoms with Gasteiger partial charge >= 0.3 is 6.03 Å². The van der Waals surface area contributed by atoms with E-state index in [0.29, 0.717) is 5.92 Å². The van der Waals surface area contributed by atoms with Crippen molar-refractivity contribution in [3.8, 4) is 0 Å². The lowest BCUT2D eigenvalue weighted by molar-refractivity contribution is 0.252. The fraction of sp³-hybridized carbons (Fsp3) is 0.423. The zero-order valence-electron chi connectivity index (χ0n) is 18.2. The van der Waals surface area contributed by atoms with E-state index in [2.05, 4.69) is 67.8 Å². The molecule has 156 valence electrons. The molecule has 0 spiro atoms. The molecule has 0 radical (unpaired) electrons. The van der Waals surface area contributed by atoms with Crippen LogP contribution in [0.25, 0.3) is 12.2 Å². The number of nitrogens with one attached hydrogen (secondary N) is 2. The van der Waals surface area contributed by atoms with E-state index in [4.69, 9.17) is 0 Å². The lowest BCUT2D eigenvalue weighted by Gasteiger charge is -2.10. The molecule has 2 aromatic rings. The van der Waals surface area contributed by atoms with Gasteiger partial charge in [-0.25, -0.2) is 4.79 Å². The lowest BCUT2D eigenvalue weighted by Crippen LogP contribution is -2.29. The molecule has 3 nitrogen and oxygen atoms in total. The molecule has 29 heavy (non-hydrogen) atoms. The first-order chi connectivity index (χ1) is 14.1. The first-order valence-electron chi connectivity index (χ1n) is 11.0. The standard InChI is InChI=1S/C26H36N2O/c1-4-5-6-7-10-19-27-26(29)28-25-12-9-8-11-24(25)18-17-22-13-15-23(16-14-22)20-21(2)3/h8-9,11-18,21H,4-7,10,19-20H2,1-3H3,(H2,27,28,29). The van der Waals surface area contributed by atoms with Crippen molar-refractivity contribution in [3.05, 3.63) is 65.2 Å². The molecule has 0 bridgehead atoms. The molecule has 0 unspecified atom stereocenters. The fourth-order valence-electron chi connectivity index (χ4n) is 3.28. The number of rotatable bonds is 11. The summed E-state index contributed by atoms with van der Waals surface area (Å²) in [6.07, 6.45) is 11.2. The number of benzene rings is 2. The third-order valence-electron chi connectivity index (χ3n) is 4.85. The molecule has 0 aliphatic heterocycles. The van der Waals surface area contributed by atoms with Gasteiger partial charge in [0.05, 0.1) is 0 Å². The van der Waals surface area contributed by atoms with Crippen LogP contribution in [0.1, 0.15) is 69.6 Å². The zero-order chi connectivity index (χ0) is 20.9. The average Bonchev–Trinajstić information content (AvgIpc) is 2.70. The van der Waals surface area contributed by atoms with Crippen LogP contribution in [0.5, 0.6) is 0 Å². The molecule has 0 aliphatic carbocycles. The van der Waals surface area contributed by atoms with Gasteiger partial charge in [0.15, 0.2) is 0 Å². The van der Waals surface area contributed by atoms with Gasteiger partial charge in [0.2, 0.25) is 0 Å². The highest BCUT2D eigenvalue weighted by atomic mass is 16.2. The molecule has 3 heteroatoms. The molecule has 0 saturated heterocycles. The minimum absolute atomic E-state index is 0.139. The fourth-order valence-corrected chi connectivity index (χ4v) is 3.28. The summed E-state index contributed by atoms with van der Waals surface area (Å²) in [6.45, 7) is 7.40. The summed E-state index contributed by atoms with van der Waals surface area (Å²) in [7, 11) is 0. The number of carbonyl (C=O) groups is 1. The van der Waals surface area contributed by atoms with E-state index < -0.39 is 0 Å². The van der Waals surface area contributed by atoms with Crippen LogP contribution in [0, 0.1) is 5.92 Å². The number of carbonyl (C=O) groups excluding carboxylic acids is 1. The van der Waals surface area contributed by atoms with Crippen LogP contribution in [0.2, 0.25) is 0 Å². The predicted octanol–water partition coefficient (Wildman–Crippen LogP) is 7.15. The maximum absolute atomic E-state index is 12.2. The maximum atomic E-state index is 12.2. The summed E-state index contributed by atoms with van der Waals surface area (Å²) in [5, 5.41) is 5.93. The zero-order valence-corrected chi connectivity index (χ0v) is 18.2. The minimum Gasteiger partial charge on any atom is -0.338 e. The normalized spacial score (nSPS) is 11.2. The monoisotopic (exact) mass is 392 g/mol. The number of urea groups is 1. The van der Waals surface area contributed by atoms with Gasteiger partial charge in [-0.1, -0.05) is 101 Å². The second-order valence-electron chi connectivity index (χ2n) is 8.06. The molecular formula is C26H36N2O. The maximum Gasteiger partial charge on any atom is 0.319 e. The van der Waals surface area contributed by atoms with Gasteiger partial charge in [-0.15, -0.1) is 0 Å². The minimum atomic E-state index is -0.139. The molecular weight excluding hydrogens is 356 g/mol. The van der Waals surface area contributed by atoms with Crippen molar-refractivity contribution in [1.82, 2.24) is 5.32 Å². The number of hydrogen-bond acceptors (Lipinski definition) is 1. The van der Waals surface area contributed by atoms with Gasteiger partial charge in [0.25, 0.3) is 0 Å². The average molecular weight is 393 g/mol. The Labute approximate surface area is 176 Å². The topological polar surface area (TPSA) is 41.1 Å². The summed E-state index contributed by atoms with van der Waals surface area (Å²) >= 11 is 0. The van der Waals surface area contributed by atoms with Crippen LogP contribution in [0.4, 0.5) is 10.5 Å². The van der Waals surface area contributed by atoms with E-state index in [1.807, 2.05) is 24.3 Å². The van der Waals surface area contributed by atoms with E-state index in [1.54, 1.807) is 0 Å². The Kier molecular flexibility index (Phi) is 10.1. The van der Waals surface area contributed by atoms with Crippen molar-refractivity contribution >= 4 is 23.9 Å². The first-order valence-corrected chi connectivity index (χ1v) is 11.0. The summed E-state index contributed by atoms with van der Waals surface area (Å²) < 4.78 is 0. The van der Waals surface area contributed by atoms with Crippen LogP contribution in [-0.4, -0.2) is 12.6 Å². The van der Waals surface area contributed by atoms with E-state index in [9.17, 15) is 4.79 Å².